The third kappa shape index (κ3) is 3.19. The summed E-state index contributed by atoms with van der Waals surface area (Å²) in [6, 6.07) is 0.159. The highest BCUT2D eigenvalue weighted by Gasteiger charge is 2.32. The summed E-state index contributed by atoms with van der Waals surface area (Å²) in [4.78, 5) is 13.9. The van der Waals surface area contributed by atoms with Crippen LogP contribution in [0.5, 0.6) is 0 Å². The molecule has 0 spiro atoms. The van der Waals surface area contributed by atoms with Crippen molar-refractivity contribution in [3.05, 3.63) is 0 Å². The minimum absolute atomic E-state index is 0.130. The Hall–Kier alpha value is -0.610. The number of nitrogens with zero attached hydrogens (tertiary/aromatic N) is 1. The zero-order valence-corrected chi connectivity index (χ0v) is 10.7. The van der Waals surface area contributed by atoms with E-state index in [0.717, 1.165) is 13.0 Å². The quantitative estimate of drug-likeness (QED) is 0.684. The number of morpholine rings is 1. The van der Waals surface area contributed by atoms with Crippen LogP contribution in [0.4, 0.5) is 0 Å². The highest BCUT2D eigenvalue weighted by atomic mass is 16.5. The molecule has 0 radical (unpaired) electrons. The summed E-state index contributed by atoms with van der Waals surface area (Å²) >= 11 is 0. The van der Waals surface area contributed by atoms with Crippen LogP contribution in [0.25, 0.3) is 0 Å². The number of ether oxygens (including phenoxy) is 2. The lowest BCUT2D eigenvalue weighted by Gasteiger charge is -2.40. The Labute approximate surface area is 97.9 Å². The summed E-state index contributed by atoms with van der Waals surface area (Å²) in [6.45, 7) is 9.87. The lowest BCUT2D eigenvalue weighted by Crippen LogP contribution is -2.54. The van der Waals surface area contributed by atoms with Crippen molar-refractivity contribution in [3.8, 4) is 0 Å². The zero-order chi connectivity index (χ0) is 12.1. The van der Waals surface area contributed by atoms with Crippen LogP contribution in [0.2, 0.25) is 0 Å². The number of carbonyl (C=O) groups excluding carboxylic acids is 1. The number of carbonyl (C=O) groups is 1. The molecule has 4 nitrogen and oxygen atoms in total. The summed E-state index contributed by atoms with van der Waals surface area (Å²) in [5.74, 6) is -0.130. The Kier molecular flexibility index (Phi) is 5.22. The molecule has 0 aromatic carbocycles. The van der Waals surface area contributed by atoms with E-state index in [4.69, 9.17) is 9.47 Å². The van der Waals surface area contributed by atoms with Gasteiger partial charge in [-0.2, -0.15) is 0 Å². The second-order valence-corrected chi connectivity index (χ2v) is 4.33. The van der Waals surface area contributed by atoms with Crippen LogP contribution in [0.1, 0.15) is 34.1 Å². The van der Waals surface area contributed by atoms with E-state index >= 15 is 0 Å². The molecule has 3 atom stereocenters. The highest BCUT2D eigenvalue weighted by Crippen LogP contribution is 2.18. The molecule has 4 heteroatoms. The van der Waals surface area contributed by atoms with Crippen LogP contribution in [0.15, 0.2) is 0 Å². The molecule has 0 N–H and O–H groups in total. The smallest absolute Gasteiger partial charge is 0.323 e. The molecule has 0 aromatic heterocycles. The molecule has 1 aliphatic rings. The van der Waals surface area contributed by atoms with Gasteiger partial charge < -0.3 is 9.47 Å². The van der Waals surface area contributed by atoms with Crippen molar-refractivity contribution in [2.45, 2.75) is 52.3 Å². The Morgan fingerprint density at radius 3 is 2.81 bits per heavy atom. The van der Waals surface area contributed by atoms with Crippen LogP contribution in [0, 0.1) is 0 Å². The highest BCUT2D eigenvalue weighted by molar-refractivity contribution is 5.75. The van der Waals surface area contributed by atoms with Crippen molar-refractivity contribution in [2.24, 2.45) is 0 Å². The predicted molar refractivity (Wildman–Crippen MR) is 62.3 cm³/mol. The van der Waals surface area contributed by atoms with Gasteiger partial charge in [0.2, 0.25) is 0 Å². The van der Waals surface area contributed by atoms with Gasteiger partial charge in [-0.1, -0.05) is 6.92 Å². The van der Waals surface area contributed by atoms with E-state index in [9.17, 15) is 4.79 Å². The average Bonchev–Trinajstić information content (AvgIpc) is 2.28. The molecule has 0 aliphatic carbocycles. The number of hydrogen-bond acceptors (Lipinski definition) is 4. The van der Waals surface area contributed by atoms with Crippen LogP contribution < -0.4 is 0 Å². The number of rotatable bonds is 4. The van der Waals surface area contributed by atoms with Crippen molar-refractivity contribution in [1.29, 1.82) is 0 Å². The third-order valence-electron chi connectivity index (χ3n) is 3.11. The van der Waals surface area contributed by atoms with Crippen LogP contribution in [-0.4, -0.2) is 48.8 Å². The van der Waals surface area contributed by atoms with Gasteiger partial charge in [-0.25, -0.2) is 0 Å². The Morgan fingerprint density at radius 1 is 1.56 bits per heavy atom. The summed E-state index contributed by atoms with van der Waals surface area (Å²) in [6.07, 6.45) is 1.19. The SMILES string of the molecule is CCOC(=O)C(C)N1CC(C)OCC1CC. The Morgan fingerprint density at radius 2 is 2.25 bits per heavy atom. The molecule has 0 aromatic rings. The molecule has 1 aliphatic heterocycles. The fraction of sp³-hybridized carbons (Fsp3) is 0.917. The minimum atomic E-state index is -0.170. The number of hydrogen-bond donors (Lipinski definition) is 0. The summed E-state index contributed by atoms with van der Waals surface area (Å²) < 4.78 is 10.7. The fourth-order valence-corrected chi connectivity index (χ4v) is 2.09. The lowest BCUT2D eigenvalue weighted by molar-refractivity contribution is -0.154. The summed E-state index contributed by atoms with van der Waals surface area (Å²) in [5, 5.41) is 0. The second-order valence-electron chi connectivity index (χ2n) is 4.33. The lowest BCUT2D eigenvalue weighted by atomic mass is 10.1. The Balaban J connectivity index is 2.62. The minimum Gasteiger partial charge on any atom is -0.465 e. The van der Waals surface area contributed by atoms with Gasteiger partial charge in [-0.3, -0.25) is 9.69 Å². The molecule has 1 rings (SSSR count). The molecule has 16 heavy (non-hydrogen) atoms. The van der Waals surface area contributed by atoms with Gasteiger partial charge >= 0.3 is 5.97 Å². The maximum atomic E-state index is 11.7. The molecule has 94 valence electrons. The van der Waals surface area contributed by atoms with E-state index in [1.54, 1.807) is 0 Å². The predicted octanol–water partition coefficient (Wildman–Crippen LogP) is 1.44. The molecule has 0 saturated carbocycles. The maximum absolute atomic E-state index is 11.7. The zero-order valence-electron chi connectivity index (χ0n) is 10.7. The van der Waals surface area contributed by atoms with Crippen LogP contribution in [-0.2, 0) is 14.3 Å². The first-order chi connectivity index (χ1) is 7.60. The molecule has 1 fully saturated rings. The van der Waals surface area contributed by atoms with Gasteiger partial charge in [0.25, 0.3) is 0 Å². The average molecular weight is 229 g/mol. The standard InChI is InChI=1S/C12H23NO3/c1-5-11-8-16-9(3)7-13(11)10(4)12(14)15-6-2/h9-11H,5-8H2,1-4H3. The molecular formula is C12H23NO3. The van der Waals surface area contributed by atoms with E-state index in [1.807, 2.05) is 20.8 Å². The van der Waals surface area contributed by atoms with Crippen molar-refractivity contribution >= 4 is 5.97 Å². The van der Waals surface area contributed by atoms with Gasteiger partial charge in [-0.15, -0.1) is 0 Å². The summed E-state index contributed by atoms with van der Waals surface area (Å²) in [5.41, 5.74) is 0. The van der Waals surface area contributed by atoms with Crippen molar-refractivity contribution < 1.29 is 14.3 Å². The van der Waals surface area contributed by atoms with Gasteiger partial charge in [-0.05, 0) is 27.2 Å². The van der Waals surface area contributed by atoms with Gasteiger partial charge in [0.1, 0.15) is 6.04 Å². The number of esters is 1. The third-order valence-corrected chi connectivity index (χ3v) is 3.11. The normalized spacial score (nSPS) is 28.8. The van der Waals surface area contributed by atoms with E-state index in [2.05, 4.69) is 11.8 Å². The van der Waals surface area contributed by atoms with Crippen molar-refractivity contribution in [1.82, 2.24) is 4.90 Å². The van der Waals surface area contributed by atoms with E-state index in [1.165, 1.54) is 0 Å². The summed E-state index contributed by atoms with van der Waals surface area (Å²) in [7, 11) is 0. The molecule has 3 unspecified atom stereocenters. The first-order valence-corrected chi connectivity index (χ1v) is 6.14. The molecule has 0 bridgehead atoms. The first-order valence-electron chi connectivity index (χ1n) is 6.14. The van der Waals surface area contributed by atoms with Gasteiger partial charge in [0, 0.05) is 12.6 Å². The Bertz CT molecular complexity index is 232. The van der Waals surface area contributed by atoms with E-state index < -0.39 is 0 Å². The topological polar surface area (TPSA) is 38.8 Å². The molecule has 1 heterocycles. The maximum Gasteiger partial charge on any atom is 0.323 e. The van der Waals surface area contributed by atoms with Gasteiger partial charge in [0.05, 0.1) is 19.3 Å². The largest absolute Gasteiger partial charge is 0.465 e. The monoisotopic (exact) mass is 229 g/mol. The molecular weight excluding hydrogens is 206 g/mol. The fourth-order valence-electron chi connectivity index (χ4n) is 2.09. The van der Waals surface area contributed by atoms with Crippen molar-refractivity contribution in [2.75, 3.05) is 19.8 Å². The first kappa shape index (κ1) is 13.5. The van der Waals surface area contributed by atoms with Gasteiger partial charge in [0.15, 0.2) is 0 Å². The molecule has 0 amide bonds. The van der Waals surface area contributed by atoms with Crippen LogP contribution >= 0.6 is 0 Å². The van der Waals surface area contributed by atoms with E-state index in [0.29, 0.717) is 19.3 Å². The van der Waals surface area contributed by atoms with Crippen LogP contribution in [0.3, 0.4) is 0 Å². The molecule has 1 saturated heterocycles. The van der Waals surface area contributed by atoms with Crippen molar-refractivity contribution in [3.63, 3.8) is 0 Å². The second kappa shape index (κ2) is 6.21. The van der Waals surface area contributed by atoms with E-state index in [-0.39, 0.29) is 18.1 Å².